The number of nitrogens with one attached hydrogen (secondary N) is 1. The van der Waals surface area contributed by atoms with E-state index < -0.39 is 0 Å². The standard InChI is InChI=1S/C21H30N2O/c1-3-23(19-7-5-4-6-8-19)21(24)14(2)22-20-17-10-15-9-16(12-17)13-18(20)11-15/h4-8,14-18,20,22H,3,9-13H2,1-2H3/t14-,15?,16?,17?,18?,20?/m0/s1. The lowest BCUT2D eigenvalue weighted by atomic mass is 9.54. The highest BCUT2D eigenvalue weighted by molar-refractivity contribution is 5.96. The van der Waals surface area contributed by atoms with E-state index >= 15 is 0 Å². The average molecular weight is 326 g/mol. The van der Waals surface area contributed by atoms with Crippen molar-refractivity contribution in [3.05, 3.63) is 30.3 Å². The molecule has 130 valence electrons. The van der Waals surface area contributed by atoms with E-state index in [0.29, 0.717) is 6.04 Å². The fraction of sp³-hybridized carbons (Fsp3) is 0.667. The molecule has 0 unspecified atom stereocenters. The summed E-state index contributed by atoms with van der Waals surface area (Å²) in [4.78, 5) is 14.9. The van der Waals surface area contributed by atoms with Gasteiger partial charge in [-0.1, -0.05) is 18.2 Å². The molecule has 3 nitrogen and oxygen atoms in total. The predicted molar refractivity (Wildman–Crippen MR) is 97.9 cm³/mol. The SMILES string of the molecule is CCN(C(=O)[C@H](C)NC1C2CC3CC(C2)CC1C3)c1ccccc1. The molecule has 0 aliphatic heterocycles. The van der Waals surface area contributed by atoms with Crippen LogP contribution in [0.5, 0.6) is 0 Å². The maximum Gasteiger partial charge on any atom is 0.243 e. The third kappa shape index (κ3) is 2.88. The van der Waals surface area contributed by atoms with Gasteiger partial charge in [0.25, 0.3) is 0 Å². The number of amides is 1. The van der Waals surface area contributed by atoms with Crippen molar-refractivity contribution in [2.45, 2.75) is 58.0 Å². The van der Waals surface area contributed by atoms with Crippen LogP contribution in [0.25, 0.3) is 0 Å². The van der Waals surface area contributed by atoms with E-state index in [4.69, 9.17) is 0 Å². The molecule has 4 fully saturated rings. The summed E-state index contributed by atoms with van der Waals surface area (Å²) in [5, 5.41) is 3.76. The number of rotatable bonds is 5. The highest BCUT2D eigenvalue weighted by Gasteiger charge is 2.48. The molecule has 0 saturated heterocycles. The van der Waals surface area contributed by atoms with Crippen LogP contribution in [0.2, 0.25) is 0 Å². The number of likely N-dealkylation sites (N-methyl/N-ethyl adjacent to an activating group) is 1. The van der Waals surface area contributed by atoms with E-state index in [9.17, 15) is 4.79 Å². The first-order valence-electron chi connectivity index (χ1n) is 9.78. The zero-order valence-corrected chi connectivity index (χ0v) is 14.9. The number of para-hydroxylation sites is 1. The number of carbonyl (C=O) groups is 1. The Morgan fingerprint density at radius 3 is 2.21 bits per heavy atom. The van der Waals surface area contributed by atoms with Crippen LogP contribution in [0.1, 0.15) is 46.0 Å². The Morgan fingerprint density at radius 2 is 1.67 bits per heavy atom. The molecular weight excluding hydrogens is 296 g/mol. The van der Waals surface area contributed by atoms with E-state index in [1.54, 1.807) is 0 Å². The number of hydrogen-bond acceptors (Lipinski definition) is 2. The average Bonchev–Trinajstić information content (AvgIpc) is 2.59. The van der Waals surface area contributed by atoms with Crippen molar-refractivity contribution in [3.8, 4) is 0 Å². The lowest BCUT2D eigenvalue weighted by molar-refractivity contribution is -0.121. The molecule has 1 amide bonds. The van der Waals surface area contributed by atoms with E-state index in [0.717, 1.165) is 35.9 Å². The molecule has 4 aliphatic carbocycles. The Morgan fingerprint density at radius 1 is 1.08 bits per heavy atom. The van der Waals surface area contributed by atoms with E-state index in [-0.39, 0.29) is 11.9 Å². The minimum atomic E-state index is -0.104. The van der Waals surface area contributed by atoms with Crippen LogP contribution in [-0.4, -0.2) is 24.5 Å². The summed E-state index contributed by atoms with van der Waals surface area (Å²) in [6.07, 6.45) is 7.04. The number of carbonyl (C=O) groups excluding carboxylic acids is 1. The van der Waals surface area contributed by atoms with Gasteiger partial charge in [-0.2, -0.15) is 0 Å². The van der Waals surface area contributed by atoms with Crippen LogP contribution in [0.4, 0.5) is 5.69 Å². The van der Waals surface area contributed by atoms with Gasteiger partial charge in [-0.15, -0.1) is 0 Å². The maximum atomic E-state index is 13.0. The number of anilines is 1. The van der Waals surface area contributed by atoms with E-state index in [2.05, 4.69) is 19.2 Å². The normalized spacial score (nSPS) is 35.0. The molecule has 1 N–H and O–H groups in total. The molecule has 4 bridgehead atoms. The van der Waals surface area contributed by atoms with E-state index in [1.165, 1.54) is 32.1 Å². The summed E-state index contributed by atoms with van der Waals surface area (Å²) in [5.74, 6) is 3.78. The van der Waals surface area contributed by atoms with Gasteiger partial charge >= 0.3 is 0 Å². The van der Waals surface area contributed by atoms with Crippen molar-refractivity contribution in [2.24, 2.45) is 23.7 Å². The van der Waals surface area contributed by atoms with Crippen LogP contribution in [0, 0.1) is 23.7 Å². The minimum Gasteiger partial charge on any atom is -0.311 e. The summed E-state index contributed by atoms with van der Waals surface area (Å²) < 4.78 is 0. The molecule has 0 aromatic heterocycles. The topological polar surface area (TPSA) is 32.3 Å². The molecule has 1 aromatic rings. The summed E-state index contributed by atoms with van der Waals surface area (Å²) in [6.45, 7) is 4.83. The van der Waals surface area contributed by atoms with Gasteiger partial charge in [0, 0.05) is 18.3 Å². The molecule has 4 aliphatic rings. The van der Waals surface area contributed by atoms with Gasteiger partial charge in [-0.05, 0) is 81.8 Å². The first-order valence-corrected chi connectivity index (χ1v) is 9.78. The van der Waals surface area contributed by atoms with Crippen molar-refractivity contribution in [3.63, 3.8) is 0 Å². The monoisotopic (exact) mass is 326 g/mol. The fourth-order valence-corrected chi connectivity index (χ4v) is 5.86. The van der Waals surface area contributed by atoms with Gasteiger partial charge in [0.1, 0.15) is 0 Å². The molecule has 0 radical (unpaired) electrons. The predicted octanol–water partition coefficient (Wildman–Crippen LogP) is 3.84. The highest BCUT2D eigenvalue weighted by Crippen LogP contribution is 2.53. The van der Waals surface area contributed by atoms with Gasteiger partial charge in [-0.3, -0.25) is 4.79 Å². The van der Waals surface area contributed by atoms with Crippen molar-refractivity contribution in [2.75, 3.05) is 11.4 Å². The van der Waals surface area contributed by atoms with Gasteiger partial charge in [0.2, 0.25) is 5.91 Å². The molecule has 24 heavy (non-hydrogen) atoms. The molecule has 0 spiro atoms. The van der Waals surface area contributed by atoms with Crippen LogP contribution in [-0.2, 0) is 4.79 Å². The maximum absolute atomic E-state index is 13.0. The summed E-state index contributed by atoms with van der Waals surface area (Å²) in [5.41, 5.74) is 1.00. The lowest BCUT2D eigenvalue weighted by Crippen LogP contribution is -2.59. The number of nitrogens with zero attached hydrogens (tertiary/aromatic N) is 1. The second-order valence-electron chi connectivity index (χ2n) is 8.26. The third-order valence-electron chi connectivity index (χ3n) is 6.69. The quantitative estimate of drug-likeness (QED) is 0.891. The Hall–Kier alpha value is -1.35. The zero-order valence-electron chi connectivity index (χ0n) is 14.9. The largest absolute Gasteiger partial charge is 0.311 e. The Bertz CT molecular complexity index is 557. The van der Waals surface area contributed by atoms with Crippen LogP contribution >= 0.6 is 0 Å². The lowest BCUT2D eigenvalue weighted by Gasteiger charge is -2.55. The molecule has 4 saturated carbocycles. The summed E-state index contributed by atoms with van der Waals surface area (Å²) >= 11 is 0. The Labute approximate surface area is 145 Å². The highest BCUT2D eigenvalue weighted by atomic mass is 16.2. The first-order chi connectivity index (χ1) is 11.7. The zero-order chi connectivity index (χ0) is 16.7. The van der Waals surface area contributed by atoms with Gasteiger partial charge < -0.3 is 10.2 Å². The van der Waals surface area contributed by atoms with E-state index in [1.807, 2.05) is 35.2 Å². The Balaban J connectivity index is 1.44. The van der Waals surface area contributed by atoms with Gasteiger partial charge in [-0.25, -0.2) is 0 Å². The Kier molecular flexibility index (Phi) is 4.38. The second-order valence-corrected chi connectivity index (χ2v) is 8.26. The molecule has 1 aromatic carbocycles. The van der Waals surface area contributed by atoms with Gasteiger partial charge in [0.05, 0.1) is 6.04 Å². The molecule has 5 rings (SSSR count). The number of benzene rings is 1. The smallest absolute Gasteiger partial charge is 0.243 e. The molecule has 1 atom stereocenters. The van der Waals surface area contributed by atoms with Crippen molar-refractivity contribution in [1.29, 1.82) is 0 Å². The third-order valence-corrected chi connectivity index (χ3v) is 6.69. The molecule has 0 heterocycles. The molecule has 3 heteroatoms. The first kappa shape index (κ1) is 16.1. The minimum absolute atomic E-state index is 0.104. The van der Waals surface area contributed by atoms with Crippen LogP contribution in [0.3, 0.4) is 0 Å². The fourth-order valence-electron chi connectivity index (χ4n) is 5.86. The second kappa shape index (κ2) is 6.51. The van der Waals surface area contributed by atoms with Gasteiger partial charge in [0.15, 0.2) is 0 Å². The summed E-state index contributed by atoms with van der Waals surface area (Å²) in [6, 6.07) is 10.5. The van der Waals surface area contributed by atoms with Crippen molar-refractivity contribution >= 4 is 11.6 Å². The number of hydrogen-bond donors (Lipinski definition) is 1. The molecular formula is C21H30N2O. The van der Waals surface area contributed by atoms with Crippen molar-refractivity contribution < 1.29 is 4.79 Å². The van der Waals surface area contributed by atoms with Crippen molar-refractivity contribution in [1.82, 2.24) is 5.32 Å². The summed E-state index contributed by atoms with van der Waals surface area (Å²) in [7, 11) is 0. The van der Waals surface area contributed by atoms with Crippen LogP contribution in [0.15, 0.2) is 30.3 Å². The van der Waals surface area contributed by atoms with Crippen LogP contribution < -0.4 is 10.2 Å².